The Morgan fingerprint density at radius 1 is 1.21 bits per heavy atom. The molecule has 1 saturated heterocycles. The van der Waals surface area contributed by atoms with E-state index in [9.17, 15) is 5.11 Å². The summed E-state index contributed by atoms with van der Waals surface area (Å²) < 4.78 is 11.3. The van der Waals surface area contributed by atoms with Gasteiger partial charge in [-0.15, -0.1) is 11.3 Å². The lowest BCUT2D eigenvalue weighted by molar-refractivity contribution is -0.0389. The summed E-state index contributed by atoms with van der Waals surface area (Å²) in [6, 6.07) is 8.05. The minimum absolute atomic E-state index is 0.504. The first-order chi connectivity index (χ1) is 16.1. The minimum Gasteiger partial charge on any atom is -0.478 e. The van der Waals surface area contributed by atoms with Crippen molar-refractivity contribution in [1.29, 1.82) is 0 Å². The van der Waals surface area contributed by atoms with E-state index in [1.807, 2.05) is 6.20 Å². The van der Waals surface area contributed by atoms with Crippen LogP contribution >= 0.6 is 11.3 Å². The highest BCUT2D eigenvalue weighted by molar-refractivity contribution is 7.15. The highest BCUT2D eigenvalue weighted by Gasteiger charge is 2.39. The fourth-order valence-corrected chi connectivity index (χ4v) is 5.37. The van der Waals surface area contributed by atoms with Gasteiger partial charge in [0.15, 0.2) is 0 Å². The van der Waals surface area contributed by atoms with Crippen molar-refractivity contribution in [2.24, 2.45) is 5.92 Å². The van der Waals surface area contributed by atoms with Gasteiger partial charge in [-0.2, -0.15) is 4.98 Å². The summed E-state index contributed by atoms with van der Waals surface area (Å²) in [6.07, 6.45) is 9.46. The summed E-state index contributed by atoms with van der Waals surface area (Å²) in [5, 5.41) is 14.7. The van der Waals surface area contributed by atoms with Crippen molar-refractivity contribution >= 4 is 23.0 Å². The molecule has 1 aliphatic carbocycles. The molecular weight excluding hydrogens is 436 g/mol. The molecule has 7 nitrogen and oxygen atoms in total. The standard InChI is InChI=1S/C25H30N4O3S/c1-17-13-19(21-16-27-23(33-21)25(30)7-2-8-25)15-20(14-17)28-24-26-9-3-22(29-24)32-12-6-18-4-10-31-11-5-18/h3,9,13-16,18,30H,2,4-8,10-12H2,1H3,(H,26,28,29). The first-order valence-corrected chi connectivity index (χ1v) is 12.5. The summed E-state index contributed by atoms with van der Waals surface area (Å²) in [5.41, 5.74) is 2.36. The number of rotatable bonds is 8. The lowest BCUT2D eigenvalue weighted by atomic mass is 9.81. The zero-order chi connectivity index (χ0) is 22.7. The molecule has 0 unspecified atom stereocenters. The van der Waals surface area contributed by atoms with Gasteiger partial charge in [0.2, 0.25) is 11.8 Å². The molecule has 5 rings (SSSR count). The quantitative estimate of drug-likeness (QED) is 0.470. The molecule has 1 aromatic carbocycles. The monoisotopic (exact) mass is 466 g/mol. The Morgan fingerprint density at radius 2 is 2.06 bits per heavy atom. The van der Waals surface area contributed by atoms with E-state index < -0.39 is 5.60 Å². The molecule has 0 amide bonds. The van der Waals surface area contributed by atoms with Crippen LogP contribution in [0, 0.1) is 12.8 Å². The van der Waals surface area contributed by atoms with Gasteiger partial charge in [0.05, 0.1) is 11.5 Å². The van der Waals surface area contributed by atoms with Crippen molar-refractivity contribution in [2.75, 3.05) is 25.1 Å². The van der Waals surface area contributed by atoms with Gasteiger partial charge in [-0.25, -0.2) is 9.97 Å². The second-order valence-corrected chi connectivity index (χ2v) is 10.1. The van der Waals surface area contributed by atoms with Crippen LogP contribution in [0.1, 0.15) is 49.1 Å². The van der Waals surface area contributed by atoms with E-state index in [0.717, 1.165) is 78.4 Å². The molecule has 2 aromatic heterocycles. The molecule has 0 spiro atoms. The fourth-order valence-electron chi connectivity index (χ4n) is 4.32. The molecule has 2 fully saturated rings. The minimum atomic E-state index is -0.729. The maximum atomic E-state index is 10.6. The van der Waals surface area contributed by atoms with Gasteiger partial charge in [0.25, 0.3) is 0 Å². The topological polar surface area (TPSA) is 89.4 Å². The second kappa shape index (κ2) is 9.75. The van der Waals surface area contributed by atoms with Crippen LogP contribution in [0.4, 0.5) is 11.6 Å². The third kappa shape index (κ3) is 5.34. The number of aromatic nitrogens is 3. The Balaban J connectivity index is 1.25. The van der Waals surface area contributed by atoms with Gasteiger partial charge in [-0.05, 0) is 74.6 Å². The summed E-state index contributed by atoms with van der Waals surface area (Å²) in [4.78, 5) is 14.4. The number of hydrogen-bond acceptors (Lipinski definition) is 8. The van der Waals surface area contributed by atoms with Crippen molar-refractivity contribution in [3.8, 4) is 16.3 Å². The van der Waals surface area contributed by atoms with E-state index in [2.05, 4.69) is 45.4 Å². The number of nitrogens with zero attached hydrogens (tertiary/aromatic N) is 3. The zero-order valence-electron chi connectivity index (χ0n) is 18.9. The normalized spacial score (nSPS) is 18.0. The largest absolute Gasteiger partial charge is 0.478 e. The Morgan fingerprint density at radius 3 is 2.85 bits per heavy atom. The molecule has 3 aromatic rings. The van der Waals surface area contributed by atoms with E-state index >= 15 is 0 Å². The molecule has 2 aliphatic rings. The van der Waals surface area contributed by atoms with Crippen LogP contribution < -0.4 is 10.1 Å². The lowest BCUT2D eigenvalue weighted by Crippen LogP contribution is -2.33. The predicted octanol–water partition coefficient (Wildman–Crippen LogP) is 5.22. The van der Waals surface area contributed by atoms with Gasteiger partial charge < -0.3 is 19.9 Å². The van der Waals surface area contributed by atoms with Crippen LogP contribution in [0.5, 0.6) is 5.88 Å². The fraction of sp³-hybridized carbons (Fsp3) is 0.480. The number of benzene rings is 1. The molecule has 3 heterocycles. The van der Waals surface area contributed by atoms with Gasteiger partial charge in [-0.1, -0.05) is 6.07 Å². The molecule has 0 radical (unpaired) electrons. The average molecular weight is 467 g/mol. The second-order valence-electron chi connectivity index (χ2n) is 9.04. The van der Waals surface area contributed by atoms with Crippen LogP contribution in [0.25, 0.3) is 10.4 Å². The van der Waals surface area contributed by atoms with E-state index in [-0.39, 0.29) is 0 Å². The highest BCUT2D eigenvalue weighted by Crippen LogP contribution is 2.44. The molecule has 8 heteroatoms. The van der Waals surface area contributed by atoms with Gasteiger partial charge in [0.1, 0.15) is 10.6 Å². The summed E-state index contributed by atoms with van der Waals surface area (Å²) in [5.74, 6) is 1.75. The lowest BCUT2D eigenvalue weighted by Gasteiger charge is -2.34. The smallest absolute Gasteiger partial charge is 0.230 e. The van der Waals surface area contributed by atoms with Crippen LogP contribution in [-0.4, -0.2) is 39.9 Å². The Kier molecular flexibility index (Phi) is 6.57. The van der Waals surface area contributed by atoms with Crippen LogP contribution in [-0.2, 0) is 10.3 Å². The molecule has 33 heavy (non-hydrogen) atoms. The number of anilines is 2. The number of aryl methyl sites for hydroxylation is 1. The van der Waals surface area contributed by atoms with Crippen LogP contribution in [0.15, 0.2) is 36.7 Å². The Bertz CT molecular complexity index is 1090. The number of thiazole rings is 1. The molecule has 0 bridgehead atoms. The molecule has 174 valence electrons. The molecule has 0 atom stereocenters. The van der Waals surface area contributed by atoms with Crippen LogP contribution in [0.3, 0.4) is 0 Å². The number of ether oxygens (including phenoxy) is 2. The van der Waals surface area contributed by atoms with E-state index in [0.29, 0.717) is 24.4 Å². The van der Waals surface area contributed by atoms with Gasteiger partial charge >= 0.3 is 0 Å². The van der Waals surface area contributed by atoms with Crippen molar-refractivity contribution in [1.82, 2.24) is 15.0 Å². The highest BCUT2D eigenvalue weighted by atomic mass is 32.1. The number of hydrogen-bond donors (Lipinski definition) is 2. The van der Waals surface area contributed by atoms with Crippen molar-refractivity contribution in [2.45, 2.75) is 51.0 Å². The molecule has 1 aliphatic heterocycles. The van der Waals surface area contributed by atoms with E-state index in [4.69, 9.17) is 9.47 Å². The molecule has 1 saturated carbocycles. The average Bonchev–Trinajstić information content (AvgIpc) is 3.29. The molecule has 2 N–H and O–H groups in total. The number of nitrogens with one attached hydrogen (secondary N) is 1. The Labute approximate surface area is 198 Å². The van der Waals surface area contributed by atoms with E-state index in [1.165, 1.54) is 0 Å². The third-order valence-electron chi connectivity index (χ3n) is 6.45. The summed E-state index contributed by atoms with van der Waals surface area (Å²) in [6.45, 7) is 4.42. The number of aliphatic hydroxyl groups is 1. The van der Waals surface area contributed by atoms with E-state index in [1.54, 1.807) is 23.6 Å². The first-order valence-electron chi connectivity index (χ1n) is 11.7. The third-order valence-corrected chi connectivity index (χ3v) is 7.69. The van der Waals surface area contributed by atoms with Crippen molar-refractivity contribution < 1.29 is 14.6 Å². The zero-order valence-corrected chi connectivity index (χ0v) is 19.7. The van der Waals surface area contributed by atoms with Crippen molar-refractivity contribution in [3.05, 3.63) is 47.2 Å². The SMILES string of the molecule is Cc1cc(Nc2nccc(OCCC3CCOCC3)n2)cc(-c2cnc(C3(O)CCC3)s2)c1. The Hall–Kier alpha value is -2.55. The maximum absolute atomic E-state index is 10.6. The van der Waals surface area contributed by atoms with Crippen molar-refractivity contribution in [3.63, 3.8) is 0 Å². The first kappa shape index (κ1) is 22.3. The summed E-state index contributed by atoms with van der Waals surface area (Å²) >= 11 is 1.57. The summed E-state index contributed by atoms with van der Waals surface area (Å²) in [7, 11) is 0. The maximum Gasteiger partial charge on any atom is 0.230 e. The van der Waals surface area contributed by atoms with Crippen LogP contribution in [0.2, 0.25) is 0 Å². The predicted molar refractivity (Wildman–Crippen MR) is 129 cm³/mol. The van der Waals surface area contributed by atoms with Gasteiger partial charge in [0, 0.05) is 37.4 Å². The van der Waals surface area contributed by atoms with Gasteiger partial charge in [-0.3, -0.25) is 0 Å². The molecular formula is C25H30N4O3S.